The number of halogens is 1. The van der Waals surface area contributed by atoms with E-state index in [0.717, 1.165) is 63.2 Å². The number of nitrogens with one attached hydrogen (secondary N) is 2. The Morgan fingerprint density at radius 2 is 2.00 bits per heavy atom. The maximum atomic E-state index is 5.74. The number of benzene rings is 1. The van der Waals surface area contributed by atoms with Crippen molar-refractivity contribution < 1.29 is 9.47 Å². The zero-order valence-electron chi connectivity index (χ0n) is 16.2. The van der Waals surface area contributed by atoms with Crippen LogP contribution in [-0.2, 0) is 11.3 Å². The molecule has 1 aromatic rings. The Balaban J connectivity index is 0.00000338. The third-order valence-corrected chi connectivity index (χ3v) is 4.10. The first-order valence-electron chi connectivity index (χ1n) is 9.27. The van der Waals surface area contributed by atoms with Crippen LogP contribution in [0.15, 0.2) is 23.2 Å². The van der Waals surface area contributed by atoms with Gasteiger partial charge in [0.15, 0.2) is 5.96 Å². The summed E-state index contributed by atoms with van der Waals surface area (Å²) in [4.78, 5) is 7.12. The van der Waals surface area contributed by atoms with Gasteiger partial charge in [0.25, 0.3) is 0 Å². The highest BCUT2D eigenvalue weighted by molar-refractivity contribution is 14.0. The van der Waals surface area contributed by atoms with Crippen LogP contribution in [0.4, 0.5) is 0 Å². The minimum Gasteiger partial charge on any atom is -0.494 e. The van der Waals surface area contributed by atoms with E-state index in [4.69, 9.17) is 14.5 Å². The summed E-state index contributed by atoms with van der Waals surface area (Å²) in [6.45, 7) is 13.8. The molecule has 0 aromatic heterocycles. The van der Waals surface area contributed by atoms with Gasteiger partial charge in [0.05, 0.1) is 26.4 Å². The third kappa shape index (κ3) is 8.09. The van der Waals surface area contributed by atoms with Crippen molar-refractivity contribution in [3.05, 3.63) is 29.3 Å². The molecule has 7 heteroatoms. The van der Waals surface area contributed by atoms with Gasteiger partial charge in [0.2, 0.25) is 0 Å². The van der Waals surface area contributed by atoms with Crippen molar-refractivity contribution in [2.75, 3.05) is 52.5 Å². The number of aryl methyl sites for hydroxylation is 1. The Hall–Kier alpha value is -1.06. The van der Waals surface area contributed by atoms with Gasteiger partial charge in [0.1, 0.15) is 5.75 Å². The molecule has 6 nitrogen and oxygen atoms in total. The largest absolute Gasteiger partial charge is 0.494 e. The summed E-state index contributed by atoms with van der Waals surface area (Å²) in [5.74, 6) is 1.77. The molecule has 1 heterocycles. The second-order valence-corrected chi connectivity index (χ2v) is 6.12. The molecule has 1 aromatic carbocycles. The first kappa shape index (κ1) is 23.0. The maximum absolute atomic E-state index is 5.74. The highest BCUT2D eigenvalue weighted by Gasteiger charge is 2.10. The van der Waals surface area contributed by atoms with E-state index < -0.39 is 0 Å². The van der Waals surface area contributed by atoms with Crippen LogP contribution in [0.1, 0.15) is 25.0 Å². The lowest BCUT2D eigenvalue weighted by Gasteiger charge is -2.26. The normalized spacial score (nSPS) is 15.3. The number of hydrogen-bond donors (Lipinski definition) is 2. The Morgan fingerprint density at radius 1 is 1.23 bits per heavy atom. The summed E-state index contributed by atoms with van der Waals surface area (Å²) >= 11 is 0. The molecule has 0 saturated carbocycles. The van der Waals surface area contributed by atoms with Crippen LogP contribution < -0.4 is 15.4 Å². The van der Waals surface area contributed by atoms with Gasteiger partial charge in [-0.2, -0.15) is 0 Å². The van der Waals surface area contributed by atoms with E-state index in [1.807, 2.05) is 6.92 Å². The SMILES string of the molecule is CCNC(=NCc1ccc(C)cc1OCC)NCCN1CCOCC1.I. The van der Waals surface area contributed by atoms with E-state index >= 15 is 0 Å². The fourth-order valence-electron chi connectivity index (χ4n) is 2.75. The smallest absolute Gasteiger partial charge is 0.191 e. The van der Waals surface area contributed by atoms with Crippen molar-refractivity contribution in [3.8, 4) is 5.75 Å². The minimum atomic E-state index is 0. The number of hydrogen-bond acceptors (Lipinski definition) is 4. The van der Waals surface area contributed by atoms with E-state index in [1.165, 1.54) is 5.56 Å². The molecule has 0 radical (unpaired) electrons. The second-order valence-electron chi connectivity index (χ2n) is 6.12. The van der Waals surface area contributed by atoms with Gasteiger partial charge in [-0.3, -0.25) is 4.90 Å². The zero-order valence-corrected chi connectivity index (χ0v) is 18.5. The molecule has 1 saturated heterocycles. The monoisotopic (exact) mass is 476 g/mol. The fraction of sp³-hybridized carbons (Fsp3) is 0.632. The summed E-state index contributed by atoms with van der Waals surface area (Å²) in [7, 11) is 0. The van der Waals surface area contributed by atoms with Crippen LogP contribution in [0.2, 0.25) is 0 Å². The highest BCUT2D eigenvalue weighted by atomic mass is 127. The van der Waals surface area contributed by atoms with Gasteiger partial charge in [-0.25, -0.2) is 4.99 Å². The molecule has 0 bridgehead atoms. The first-order chi connectivity index (χ1) is 12.2. The van der Waals surface area contributed by atoms with E-state index in [0.29, 0.717) is 13.2 Å². The molecule has 0 unspecified atom stereocenters. The van der Waals surface area contributed by atoms with Gasteiger partial charge in [-0.15, -0.1) is 24.0 Å². The van der Waals surface area contributed by atoms with Crippen LogP contribution in [0.3, 0.4) is 0 Å². The summed E-state index contributed by atoms with van der Waals surface area (Å²) in [6, 6.07) is 6.28. The summed E-state index contributed by atoms with van der Waals surface area (Å²) < 4.78 is 11.1. The summed E-state index contributed by atoms with van der Waals surface area (Å²) in [5, 5.41) is 6.72. The number of rotatable bonds is 8. The molecule has 0 aliphatic carbocycles. The fourth-order valence-corrected chi connectivity index (χ4v) is 2.75. The Kier molecular flexibility index (Phi) is 11.6. The standard InChI is InChI=1S/C19H32N4O2.HI/c1-4-20-19(21-8-9-23-10-12-24-13-11-23)22-15-17-7-6-16(3)14-18(17)25-5-2;/h6-7,14H,4-5,8-13,15H2,1-3H3,(H2,20,21,22);1H. The molecular formula is C19H33IN4O2. The van der Waals surface area contributed by atoms with Gasteiger partial charge in [0, 0.05) is 38.3 Å². The Labute approximate surface area is 174 Å². The molecule has 1 aliphatic heterocycles. The lowest BCUT2D eigenvalue weighted by molar-refractivity contribution is 0.0389. The van der Waals surface area contributed by atoms with E-state index in [2.05, 4.69) is 47.6 Å². The van der Waals surface area contributed by atoms with Crippen molar-refractivity contribution in [1.29, 1.82) is 0 Å². The number of nitrogens with zero attached hydrogens (tertiary/aromatic N) is 2. The number of guanidine groups is 1. The summed E-state index contributed by atoms with van der Waals surface area (Å²) in [5.41, 5.74) is 2.31. The molecule has 0 atom stereocenters. The topological polar surface area (TPSA) is 58.1 Å². The zero-order chi connectivity index (χ0) is 17.9. The molecule has 1 fully saturated rings. The maximum Gasteiger partial charge on any atom is 0.191 e. The highest BCUT2D eigenvalue weighted by Crippen LogP contribution is 2.21. The molecule has 1 aliphatic rings. The van der Waals surface area contributed by atoms with Gasteiger partial charge in [-0.1, -0.05) is 12.1 Å². The number of morpholine rings is 1. The van der Waals surface area contributed by atoms with E-state index in [-0.39, 0.29) is 24.0 Å². The third-order valence-electron chi connectivity index (χ3n) is 4.10. The lowest BCUT2D eigenvalue weighted by Crippen LogP contribution is -2.44. The summed E-state index contributed by atoms with van der Waals surface area (Å²) in [6.07, 6.45) is 0. The van der Waals surface area contributed by atoms with Crippen LogP contribution >= 0.6 is 24.0 Å². The minimum absolute atomic E-state index is 0. The molecule has 0 spiro atoms. The molecular weight excluding hydrogens is 443 g/mol. The number of ether oxygens (including phenoxy) is 2. The molecule has 2 rings (SSSR count). The molecule has 2 N–H and O–H groups in total. The van der Waals surface area contributed by atoms with Crippen molar-refractivity contribution in [3.63, 3.8) is 0 Å². The Morgan fingerprint density at radius 3 is 2.69 bits per heavy atom. The molecule has 148 valence electrons. The van der Waals surface area contributed by atoms with Crippen molar-refractivity contribution in [1.82, 2.24) is 15.5 Å². The average molecular weight is 476 g/mol. The average Bonchev–Trinajstić information content (AvgIpc) is 2.62. The van der Waals surface area contributed by atoms with Crippen molar-refractivity contribution >= 4 is 29.9 Å². The van der Waals surface area contributed by atoms with Gasteiger partial charge >= 0.3 is 0 Å². The predicted octanol–water partition coefficient (Wildman–Crippen LogP) is 2.40. The van der Waals surface area contributed by atoms with E-state index in [1.54, 1.807) is 0 Å². The first-order valence-corrected chi connectivity index (χ1v) is 9.27. The predicted molar refractivity (Wildman–Crippen MR) is 118 cm³/mol. The van der Waals surface area contributed by atoms with Crippen LogP contribution in [-0.4, -0.2) is 63.4 Å². The Bertz CT molecular complexity index is 548. The van der Waals surface area contributed by atoms with Crippen LogP contribution in [0, 0.1) is 6.92 Å². The van der Waals surface area contributed by atoms with Gasteiger partial charge < -0.3 is 20.1 Å². The molecule has 0 amide bonds. The lowest BCUT2D eigenvalue weighted by atomic mass is 10.1. The quantitative estimate of drug-likeness (QED) is 0.343. The van der Waals surface area contributed by atoms with Gasteiger partial charge in [-0.05, 0) is 32.4 Å². The van der Waals surface area contributed by atoms with Crippen LogP contribution in [0.5, 0.6) is 5.75 Å². The van der Waals surface area contributed by atoms with Crippen molar-refractivity contribution in [2.24, 2.45) is 4.99 Å². The van der Waals surface area contributed by atoms with E-state index in [9.17, 15) is 0 Å². The second kappa shape index (κ2) is 13.2. The number of aliphatic imine (C=N–C) groups is 1. The molecule has 26 heavy (non-hydrogen) atoms. The van der Waals surface area contributed by atoms with Crippen LogP contribution in [0.25, 0.3) is 0 Å². The van der Waals surface area contributed by atoms with Crippen molar-refractivity contribution in [2.45, 2.75) is 27.3 Å².